The molecule has 0 aliphatic carbocycles. The minimum atomic E-state index is -2.58. The molecule has 1 heterocycles. The van der Waals surface area contributed by atoms with Gasteiger partial charge in [0.2, 0.25) is 11.4 Å². The van der Waals surface area contributed by atoms with Crippen molar-refractivity contribution in [1.82, 2.24) is 0 Å². The summed E-state index contributed by atoms with van der Waals surface area (Å²) >= 11 is 0. The first-order valence-electron chi connectivity index (χ1n) is 9.46. The van der Waals surface area contributed by atoms with E-state index in [2.05, 4.69) is 6.07 Å². The second-order valence-electron chi connectivity index (χ2n) is 8.26. The Morgan fingerprint density at radius 2 is 1.86 bits per heavy atom. The number of ketones is 1. The molecule has 0 N–H and O–H groups in total. The van der Waals surface area contributed by atoms with Crippen LogP contribution in [0.1, 0.15) is 54.2 Å². The number of nitrogens with zero attached hydrogens (tertiary/aromatic N) is 1. The Balaban J connectivity index is 2.68. The zero-order valence-corrected chi connectivity index (χ0v) is 18.7. The Labute approximate surface area is 172 Å². The molecule has 1 atom stereocenters. The molecule has 0 bridgehead atoms. The maximum atomic E-state index is 13.4. The standard InChI is InChI=1S/C22H27NO5Si/c1-7-26-20(25)16-10-8-11-17(14-16)22(15-23,19(24)18-12-9-13-27-18)28-29(5,6)21(2,3)4/h8-14H,7H2,1-6H3. The molecule has 0 spiro atoms. The first kappa shape index (κ1) is 22.6. The van der Waals surface area contributed by atoms with Crippen LogP contribution in [0.5, 0.6) is 0 Å². The van der Waals surface area contributed by atoms with Crippen molar-refractivity contribution in [3.63, 3.8) is 0 Å². The highest BCUT2D eigenvalue weighted by molar-refractivity contribution is 6.74. The molecule has 7 heteroatoms. The summed E-state index contributed by atoms with van der Waals surface area (Å²) in [7, 11) is -2.58. The first-order valence-corrected chi connectivity index (χ1v) is 12.4. The van der Waals surface area contributed by atoms with Gasteiger partial charge in [-0.25, -0.2) is 4.79 Å². The minimum Gasteiger partial charge on any atom is -0.462 e. The number of carbonyl (C=O) groups is 2. The predicted octanol–water partition coefficient (Wildman–Crippen LogP) is 5.08. The van der Waals surface area contributed by atoms with E-state index >= 15 is 0 Å². The van der Waals surface area contributed by atoms with Gasteiger partial charge in [-0.1, -0.05) is 32.9 Å². The number of hydrogen-bond donors (Lipinski definition) is 0. The van der Waals surface area contributed by atoms with Crippen LogP contribution in [0, 0.1) is 11.3 Å². The van der Waals surface area contributed by atoms with Crippen LogP contribution >= 0.6 is 0 Å². The highest BCUT2D eigenvalue weighted by atomic mass is 28.4. The van der Waals surface area contributed by atoms with E-state index in [4.69, 9.17) is 13.6 Å². The summed E-state index contributed by atoms with van der Waals surface area (Å²) in [5.41, 5.74) is -1.42. The summed E-state index contributed by atoms with van der Waals surface area (Å²) in [6.07, 6.45) is 1.37. The molecule has 0 radical (unpaired) electrons. The quantitative estimate of drug-likeness (QED) is 0.357. The van der Waals surface area contributed by atoms with Gasteiger partial charge in [-0.05, 0) is 49.3 Å². The lowest BCUT2D eigenvalue weighted by atomic mass is 9.88. The summed E-state index contributed by atoms with van der Waals surface area (Å²) in [6.45, 7) is 11.9. The van der Waals surface area contributed by atoms with E-state index in [1.807, 2.05) is 33.9 Å². The van der Waals surface area contributed by atoms with Crippen LogP contribution in [0.4, 0.5) is 0 Å². The Kier molecular flexibility index (Phi) is 6.51. The Morgan fingerprint density at radius 1 is 1.17 bits per heavy atom. The van der Waals surface area contributed by atoms with Gasteiger partial charge in [0.1, 0.15) is 6.07 Å². The van der Waals surface area contributed by atoms with Crippen molar-refractivity contribution in [2.45, 2.75) is 51.4 Å². The average Bonchev–Trinajstić information content (AvgIpc) is 3.19. The smallest absolute Gasteiger partial charge is 0.338 e. The van der Waals surface area contributed by atoms with E-state index in [0.717, 1.165) is 0 Å². The van der Waals surface area contributed by atoms with Crippen molar-refractivity contribution < 1.29 is 23.2 Å². The molecule has 154 valence electrons. The van der Waals surface area contributed by atoms with Gasteiger partial charge in [-0.3, -0.25) is 4.79 Å². The van der Waals surface area contributed by atoms with Gasteiger partial charge in [0, 0.05) is 5.56 Å². The highest BCUT2D eigenvalue weighted by Gasteiger charge is 2.51. The molecule has 0 fully saturated rings. The largest absolute Gasteiger partial charge is 0.462 e. The number of furan rings is 1. The van der Waals surface area contributed by atoms with Gasteiger partial charge < -0.3 is 13.6 Å². The van der Waals surface area contributed by atoms with Crippen LogP contribution < -0.4 is 0 Å². The Morgan fingerprint density at radius 3 is 2.38 bits per heavy atom. The number of benzene rings is 1. The summed E-state index contributed by atoms with van der Waals surface area (Å²) in [4.78, 5) is 25.7. The molecule has 6 nitrogen and oxygen atoms in total. The number of Topliss-reactive ketones (excluding diaryl/α,β-unsaturated/α-hetero) is 1. The molecule has 1 aromatic heterocycles. The molecule has 0 aliphatic rings. The van der Waals surface area contributed by atoms with E-state index < -0.39 is 25.7 Å². The van der Waals surface area contributed by atoms with Crippen molar-refractivity contribution in [3.05, 3.63) is 59.5 Å². The monoisotopic (exact) mass is 413 g/mol. The number of hydrogen-bond acceptors (Lipinski definition) is 6. The van der Waals surface area contributed by atoms with Crippen molar-refractivity contribution >= 4 is 20.1 Å². The van der Waals surface area contributed by atoms with Crippen molar-refractivity contribution in [2.75, 3.05) is 6.61 Å². The molecular formula is C22H27NO5Si. The third kappa shape index (κ3) is 4.49. The number of nitriles is 1. The minimum absolute atomic E-state index is 0.0202. The SMILES string of the molecule is CCOC(=O)c1cccc(C(C#N)(O[Si](C)(C)C(C)(C)C)C(=O)c2ccco2)c1. The third-order valence-electron chi connectivity index (χ3n) is 5.22. The van der Waals surface area contributed by atoms with E-state index in [1.165, 1.54) is 18.4 Å². The maximum absolute atomic E-state index is 13.4. The predicted molar refractivity (Wildman–Crippen MR) is 111 cm³/mol. The second kappa shape index (κ2) is 8.35. The molecule has 0 saturated heterocycles. The molecule has 2 aromatic rings. The number of rotatable bonds is 7. The summed E-state index contributed by atoms with van der Waals surface area (Å²) in [6, 6.07) is 11.5. The van der Waals surface area contributed by atoms with Gasteiger partial charge in [0.25, 0.3) is 0 Å². The fourth-order valence-corrected chi connectivity index (χ4v) is 3.90. The summed E-state index contributed by atoms with van der Waals surface area (Å²) < 4.78 is 16.8. The Bertz CT molecular complexity index is 921. The number of carbonyl (C=O) groups excluding carboxylic acids is 2. The van der Waals surface area contributed by atoms with Gasteiger partial charge in [0.15, 0.2) is 14.1 Å². The fourth-order valence-electron chi connectivity index (χ4n) is 2.57. The third-order valence-corrected chi connectivity index (χ3v) is 9.65. The Hall–Kier alpha value is -2.69. The number of ether oxygens (including phenoxy) is 1. The maximum Gasteiger partial charge on any atom is 0.338 e. The molecule has 1 unspecified atom stereocenters. The summed E-state index contributed by atoms with van der Waals surface area (Å²) in [5.74, 6) is -1.11. The van der Waals surface area contributed by atoms with Gasteiger partial charge in [-0.2, -0.15) is 5.26 Å². The summed E-state index contributed by atoms with van der Waals surface area (Å²) in [5, 5.41) is 9.98. The second-order valence-corrected chi connectivity index (χ2v) is 13.0. The van der Waals surface area contributed by atoms with Crippen molar-refractivity contribution in [3.8, 4) is 6.07 Å². The van der Waals surface area contributed by atoms with Crippen molar-refractivity contribution in [2.24, 2.45) is 0 Å². The van der Waals surface area contributed by atoms with E-state index in [0.29, 0.717) is 0 Å². The zero-order valence-electron chi connectivity index (χ0n) is 17.7. The fraction of sp³-hybridized carbons (Fsp3) is 0.409. The van der Waals surface area contributed by atoms with Crippen LogP contribution in [0.3, 0.4) is 0 Å². The topological polar surface area (TPSA) is 89.5 Å². The van der Waals surface area contributed by atoms with Crippen LogP contribution in [0.25, 0.3) is 0 Å². The van der Waals surface area contributed by atoms with E-state index in [-0.39, 0.29) is 28.5 Å². The van der Waals surface area contributed by atoms with Gasteiger partial charge in [0.05, 0.1) is 18.4 Å². The molecule has 29 heavy (non-hydrogen) atoms. The van der Waals surface area contributed by atoms with Crippen LogP contribution in [-0.2, 0) is 14.8 Å². The lowest BCUT2D eigenvalue weighted by Gasteiger charge is -2.41. The van der Waals surface area contributed by atoms with E-state index in [1.54, 1.807) is 31.2 Å². The van der Waals surface area contributed by atoms with Gasteiger partial charge in [-0.15, -0.1) is 0 Å². The highest BCUT2D eigenvalue weighted by Crippen LogP contribution is 2.43. The number of esters is 1. The van der Waals surface area contributed by atoms with Crippen LogP contribution in [-0.4, -0.2) is 26.7 Å². The van der Waals surface area contributed by atoms with Gasteiger partial charge >= 0.3 is 5.97 Å². The molecule has 2 rings (SSSR count). The molecule has 0 saturated carbocycles. The average molecular weight is 414 g/mol. The molecule has 1 aromatic carbocycles. The molecule has 0 amide bonds. The van der Waals surface area contributed by atoms with Crippen LogP contribution in [0.15, 0.2) is 47.1 Å². The van der Waals surface area contributed by atoms with Crippen molar-refractivity contribution in [1.29, 1.82) is 5.26 Å². The first-order chi connectivity index (χ1) is 13.5. The zero-order chi connectivity index (χ0) is 21.9. The molecular weight excluding hydrogens is 386 g/mol. The van der Waals surface area contributed by atoms with Crippen LogP contribution in [0.2, 0.25) is 18.1 Å². The van der Waals surface area contributed by atoms with E-state index in [9.17, 15) is 14.9 Å². The lowest BCUT2D eigenvalue weighted by molar-refractivity contribution is 0.0516. The lowest BCUT2D eigenvalue weighted by Crippen LogP contribution is -2.51. The molecule has 0 aliphatic heterocycles. The normalized spacial score (nSPS) is 14.0.